The molecule has 1 N–H and O–H groups in total. The smallest absolute Gasteiger partial charge is 0.240 e. The highest BCUT2D eigenvalue weighted by Crippen LogP contribution is 2.37. The summed E-state index contributed by atoms with van der Waals surface area (Å²) in [5.41, 5.74) is 3.74. The van der Waals surface area contributed by atoms with Crippen LogP contribution in [0.4, 0.5) is 8.78 Å². The van der Waals surface area contributed by atoms with Gasteiger partial charge in [0.25, 0.3) is 0 Å². The third kappa shape index (κ3) is 8.15. The highest BCUT2D eigenvalue weighted by molar-refractivity contribution is 6.49. The number of fused-ring (bicyclic) bond motifs is 1. The number of Topliss-reactive ketones (excluding diaryl/α,β-unsaturated/α-hetero) is 1. The lowest BCUT2D eigenvalue weighted by molar-refractivity contribution is -0.150. The molecule has 2 saturated heterocycles. The Balaban J connectivity index is 0.00000442. The van der Waals surface area contributed by atoms with E-state index in [1.54, 1.807) is 4.90 Å². The van der Waals surface area contributed by atoms with Gasteiger partial charge < -0.3 is 15.1 Å². The molecule has 2 heterocycles. The van der Waals surface area contributed by atoms with Crippen LogP contribution in [0, 0.1) is 11.6 Å². The first-order valence-corrected chi connectivity index (χ1v) is 16.3. The van der Waals surface area contributed by atoms with E-state index >= 15 is 0 Å². The number of likely N-dealkylation sites (tertiary alicyclic amines) is 2. The number of halogens is 3. The van der Waals surface area contributed by atoms with Crippen molar-refractivity contribution in [1.29, 1.82) is 0 Å². The second-order valence-electron chi connectivity index (χ2n) is 12.7. The number of hydrogen-bond acceptors (Lipinski definition) is 4. The van der Waals surface area contributed by atoms with E-state index < -0.39 is 23.7 Å². The van der Waals surface area contributed by atoms with Gasteiger partial charge in [-0.05, 0) is 98.6 Å². The molecule has 8 heteroatoms. The van der Waals surface area contributed by atoms with Gasteiger partial charge in [-0.2, -0.15) is 0 Å². The number of benzene rings is 2. The summed E-state index contributed by atoms with van der Waals surface area (Å²) < 4.78 is 27.9. The molecule has 1 aliphatic carbocycles. The number of unbranched alkanes of at least 4 members (excludes halogenated alkanes) is 1. The van der Waals surface area contributed by atoms with Gasteiger partial charge >= 0.3 is 0 Å². The van der Waals surface area contributed by atoms with Gasteiger partial charge in [-0.3, -0.25) is 9.59 Å². The van der Waals surface area contributed by atoms with E-state index in [4.69, 9.17) is 11.6 Å². The first-order valence-electron chi connectivity index (χ1n) is 16.0. The number of allylic oxidation sites excluding steroid dienone is 1. The van der Waals surface area contributed by atoms with Crippen LogP contribution < -0.4 is 5.32 Å². The van der Waals surface area contributed by atoms with Crippen molar-refractivity contribution >= 4 is 28.3 Å². The number of amides is 1. The van der Waals surface area contributed by atoms with Gasteiger partial charge in [-0.1, -0.05) is 70.0 Å². The maximum Gasteiger partial charge on any atom is 0.240 e. The molecule has 0 radical (unpaired) electrons. The maximum atomic E-state index is 14.2. The van der Waals surface area contributed by atoms with Crippen molar-refractivity contribution in [2.75, 3.05) is 26.2 Å². The van der Waals surface area contributed by atoms with Crippen molar-refractivity contribution in [3.05, 3.63) is 76.4 Å². The third-order valence-electron chi connectivity index (χ3n) is 9.19. The fraction of sp³-hybridized carbons (Fsp3) is 0.556. The van der Waals surface area contributed by atoms with Gasteiger partial charge in [0, 0.05) is 30.0 Å². The molecule has 0 saturated carbocycles. The monoisotopic (exact) mass is 627 g/mol. The number of carbonyl (C=O) groups is 2. The second-order valence-corrected chi connectivity index (χ2v) is 13.1. The Kier molecular flexibility index (Phi) is 12.1. The number of nitrogens with one attached hydrogen (secondary N) is 1. The molecule has 240 valence electrons. The molecule has 5 nitrogen and oxygen atoms in total. The fourth-order valence-electron chi connectivity index (χ4n) is 6.81. The zero-order valence-electron chi connectivity index (χ0n) is 25.4. The van der Waals surface area contributed by atoms with Crippen molar-refractivity contribution in [3.63, 3.8) is 0 Å². The number of aryl methyl sites for hydroxylation is 1. The van der Waals surface area contributed by atoms with E-state index in [2.05, 4.69) is 16.3 Å². The van der Waals surface area contributed by atoms with Crippen molar-refractivity contribution in [1.82, 2.24) is 15.1 Å². The van der Waals surface area contributed by atoms with E-state index in [0.717, 1.165) is 61.1 Å². The minimum atomic E-state index is -0.940. The van der Waals surface area contributed by atoms with E-state index in [0.29, 0.717) is 24.9 Å². The summed E-state index contributed by atoms with van der Waals surface area (Å²) in [4.78, 5) is 31.9. The molecule has 2 fully saturated rings. The number of ketones is 1. The molecule has 5 rings (SSSR count). The average molecular weight is 628 g/mol. The van der Waals surface area contributed by atoms with Crippen LogP contribution in [0.5, 0.6) is 0 Å². The van der Waals surface area contributed by atoms with Crippen molar-refractivity contribution in [2.45, 2.75) is 103 Å². The second kappa shape index (κ2) is 15.6. The van der Waals surface area contributed by atoms with Gasteiger partial charge in [0.2, 0.25) is 5.91 Å². The fourth-order valence-corrected chi connectivity index (χ4v) is 7.07. The quantitative estimate of drug-likeness (QED) is 0.238. The van der Waals surface area contributed by atoms with Crippen molar-refractivity contribution in [3.8, 4) is 0 Å². The number of hydrogen-bond donors (Lipinski definition) is 1. The molecule has 0 bridgehead atoms. The van der Waals surface area contributed by atoms with Crippen LogP contribution in [-0.4, -0.2) is 65.8 Å². The summed E-state index contributed by atoms with van der Waals surface area (Å²) in [6.45, 7) is 7.72. The minimum Gasteiger partial charge on any atom is -0.330 e. The van der Waals surface area contributed by atoms with Crippen molar-refractivity contribution in [2.24, 2.45) is 0 Å². The molecule has 3 atom stereocenters. The number of piperidine rings is 1. The van der Waals surface area contributed by atoms with Gasteiger partial charge in [0.15, 0.2) is 17.4 Å². The largest absolute Gasteiger partial charge is 0.330 e. The number of carbonyl (C=O) groups excluding carboxylic acids is 2. The average Bonchev–Trinajstić information content (AvgIpc) is 3.35. The molecular formula is C36H48ClF2N3O2. The third-order valence-corrected chi connectivity index (χ3v) is 9.54. The topological polar surface area (TPSA) is 52.7 Å². The molecule has 44 heavy (non-hydrogen) atoms. The first-order chi connectivity index (χ1) is 20.7. The van der Waals surface area contributed by atoms with Crippen LogP contribution in [0.25, 0.3) is 5.03 Å². The number of rotatable bonds is 13. The van der Waals surface area contributed by atoms with Gasteiger partial charge in [-0.25, -0.2) is 8.78 Å². The Morgan fingerprint density at radius 3 is 2.52 bits per heavy atom. The van der Waals surface area contributed by atoms with Crippen LogP contribution in [0.3, 0.4) is 0 Å². The molecule has 2 aliphatic heterocycles. The van der Waals surface area contributed by atoms with Gasteiger partial charge in [-0.15, -0.1) is 0 Å². The molecule has 2 aromatic rings. The summed E-state index contributed by atoms with van der Waals surface area (Å²) in [5.74, 6) is -2.38. The SMILES string of the molecule is C.CC(C)N[C@H](CCCCN1CCCCC1)C(=O)N1C[C@@H](c2ccc(F)c(F)c2)[C@H]1C(=O)CCc1ccc2c(c1)C(Cl)=CC2. The zero-order valence-corrected chi connectivity index (χ0v) is 26.1. The van der Waals surface area contributed by atoms with Gasteiger partial charge in [0.1, 0.15) is 0 Å². The van der Waals surface area contributed by atoms with E-state index in [-0.39, 0.29) is 37.5 Å². The predicted molar refractivity (Wildman–Crippen MR) is 175 cm³/mol. The molecule has 1 amide bonds. The summed E-state index contributed by atoms with van der Waals surface area (Å²) >= 11 is 6.36. The first kappa shape index (κ1) is 34.3. The van der Waals surface area contributed by atoms with Crippen LogP contribution in [0.15, 0.2) is 42.5 Å². The Labute approximate surface area is 267 Å². The molecule has 0 unspecified atom stereocenters. The summed E-state index contributed by atoms with van der Waals surface area (Å²) in [5, 5.41) is 4.17. The lowest BCUT2D eigenvalue weighted by Crippen LogP contribution is -2.64. The predicted octanol–water partition coefficient (Wildman–Crippen LogP) is 7.26. The van der Waals surface area contributed by atoms with Gasteiger partial charge in [0.05, 0.1) is 12.1 Å². The molecule has 0 spiro atoms. The molecule has 3 aliphatic rings. The lowest BCUT2D eigenvalue weighted by Gasteiger charge is -2.49. The number of nitrogens with zero attached hydrogens (tertiary/aromatic N) is 2. The molecule has 2 aromatic carbocycles. The minimum absolute atomic E-state index is 0. The summed E-state index contributed by atoms with van der Waals surface area (Å²) in [6, 6.07) is 8.92. The Bertz CT molecular complexity index is 1340. The van der Waals surface area contributed by atoms with E-state index in [9.17, 15) is 18.4 Å². The summed E-state index contributed by atoms with van der Waals surface area (Å²) in [6.07, 6.45) is 10.0. The van der Waals surface area contributed by atoms with Crippen LogP contribution in [-0.2, 0) is 22.4 Å². The zero-order chi connectivity index (χ0) is 30.5. The van der Waals surface area contributed by atoms with Crippen molar-refractivity contribution < 1.29 is 18.4 Å². The Hall–Kier alpha value is -2.61. The normalized spacial score (nSPS) is 20.5. The van der Waals surface area contributed by atoms with Crippen LogP contribution in [0.2, 0.25) is 0 Å². The molecular weight excluding hydrogens is 580 g/mol. The van der Waals surface area contributed by atoms with E-state index in [1.807, 2.05) is 32.1 Å². The highest BCUT2D eigenvalue weighted by Gasteiger charge is 2.48. The van der Waals surface area contributed by atoms with E-state index in [1.165, 1.54) is 37.0 Å². The molecule has 0 aromatic heterocycles. The highest BCUT2D eigenvalue weighted by atomic mass is 35.5. The maximum absolute atomic E-state index is 14.2. The Morgan fingerprint density at radius 2 is 1.80 bits per heavy atom. The van der Waals surface area contributed by atoms with Crippen LogP contribution in [0.1, 0.15) is 94.4 Å². The standard InChI is InChI=1S/C35H44ClF2N3O2.CH4/c1-23(2)39-32(8-4-7-19-40-17-5-3-6-18-40)35(43)41-22-28(26-13-15-30(37)31(38)21-26)34(41)33(42)16-10-24-9-11-25-12-14-29(36)27(25)20-24;/h9,11,13-15,20-21,23,28,32,34,39H,3-8,10,12,16-19,22H2,1-2H3;1H4/t28-,32+,34-;/m0./s1. The summed E-state index contributed by atoms with van der Waals surface area (Å²) in [7, 11) is 0. The lowest BCUT2D eigenvalue weighted by atomic mass is 9.78. The Morgan fingerprint density at radius 1 is 1.02 bits per heavy atom. The van der Waals surface area contributed by atoms with Crippen LogP contribution >= 0.6 is 11.6 Å².